The molecule has 0 spiro atoms. The summed E-state index contributed by atoms with van der Waals surface area (Å²) in [5.41, 5.74) is 2.30. The fourth-order valence-electron chi connectivity index (χ4n) is 3.35. The molecule has 0 amide bonds. The van der Waals surface area contributed by atoms with Crippen LogP contribution in [0.2, 0.25) is 0 Å². The van der Waals surface area contributed by atoms with Gasteiger partial charge in [0.05, 0.1) is 0 Å². The number of likely N-dealkylation sites (tertiary alicyclic amines) is 1. The molecule has 0 radical (unpaired) electrons. The van der Waals surface area contributed by atoms with Crippen LogP contribution in [-0.4, -0.2) is 31.1 Å². The SMILES string of the molecule is Cc1oc2ccccc2c1CNCC(C)CN1CCCC1. The second kappa shape index (κ2) is 6.63. The van der Waals surface area contributed by atoms with Crippen molar-refractivity contribution in [1.29, 1.82) is 0 Å². The molecule has 2 heterocycles. The van der Waals surface area contributed by atoms with E-state index in [4.69, 9.17) is 4.42 Å². The van der Waals surface area contributed by atoms with Crippen LogP contribution in [0, 0.1) is 12.8 Å². The van der Waals surface area contributed by atoms with Gasteiger partial charge in [0.15, 0.2) is 0 Å². The zero-order chi connectivity index (χ0) is 14.7. The molecule has 3 heteroatoms. The molecule has 2 aromatic rings. The van der Waals surface area contributed by atoms with Crippen molar-refractivity contribution in [3.8, 4) is 0 Å². The van der Waals surface area contributed by atoms with Crippen LogP contribution < -0.4 is 5.32 Å². The van der Waals surface area contributed by atoms with E-state index in [-0.39, 0.29) is 0 Å². The lowest BCUT2D eigenvalue weighted by molar-refractivity contribution is 0.282. The summed E-state index contributed by atoms with van der Waals surface area (Å²) in [6.07, 6.45) is 2.75. The average Bonchev–Trinajstić information content (AvgIpc) is 3.07. The van der Waals surface area contributed by atoms with E-state index in [1.54, 1.807) is 0 Å². The van der Waals surface area contributed by atoms with Crippen LogP contribution in [0.1, 0.15) is 31.1 Å². The zero-order valence-corrected chi connectivity index (χ0v) is 13.2. The lowest BCUT2D eigenvalue weighted by Crippen LogP contribution is -2.31. The van der Waals surface area contributed by atoms with Crippen LogP contribution in [0.3, 0.4) is 0 Å². The van der Waals surface area contributed by atoms with E-state index < -0.39 is 0 Å². The summed E-state index contributed by atoms with van der Waals surface area (Å²) < 4.78 is 5.82. The Hall–Kier alpha value is -1.32. The van der Waals surface area contributed by atoms with Gasteiger partial charge in [0.1, 0.15) is 11.3 Å². The molecule has 1 aromatic carbocycles. The number of nitrogens with zero attached hydrogens (tertiary/aromatic N) is 1. The molecule has 0 aliphatic carbocycles. The number of furan rings is 1. The molecule has 1 saturated heterocycles. The maximum absolute atomic E-state index is 5.82. The van der Waals surface area contributed by atoms with Crippen LogP contribution in [-0.2, 0) is 6.54 Å². The number of benzene rings is 1. The van der Waals surface area contributed by atoms with Gasteiger partial charge in [0.25, 0.3) is 0 Å². The van der Waals surface area contributed by atoms with Crippen LogP contribution in [0.5, 0.6) is 0 Å². The third-order valence-corrected chi connectivity index (χ3v) is 4.46. The monoisotopic (exact) mass is 286 g/mol. The highest BCUT2D eigenvalue weighted by molar-refractivity contribution is 5.82. The van der Waals surface area contributed by atoms with E-state index >= 15 is 0 Å². The zero-order valence-electron chi connectivity index (χ0n) is 13.2. The molecule has 1 N–H and O–H groups in total. The topological polar surface area (TPSA) is 28.4 Å². The molecule has 1 unspecified atom stereocenters. The first-order valence-electron chi connectivity index (χ1n) is 8.14. The third-order valence-electron chi connectivity index (χ3n) is 4.46. The van der Waals surface area contributed by atoms with Gasteiger partial charge in [-0.2, -0.15) is 0 Å². The summed E-state index contributed by atoms with van der Waals surface area (Å²) in [6, 6.07) is 8.30. The molecule has 3 nitrogen and oxygen atoms in total. The second-order valence-corrected chi connectivity index (χ2v) is 6.38. The molecule has 1 aliphatic rings. The summed E-state index contributed by atoms with van der Waals surface area (Å²) in [6.45, 7) is 10.2. The van der Waals surface area contributed by atoms with Crippen molar-refractivity contribution in [1.82, 2.24) is 10.2 Å². The fraction of sp³-hybridized carbons (Fsp3) is 0.556. The Morgan fingerprint density at radius 3 is 2.81 bits per heavy atom. The van der Waals surface area contributed by atoms with Gasteiger partial charge in [-0.25, -0.2) is 0 Å². The number of nitrogens with one attached hydrogen (secondary N) is 1. The molecule has 3 rings (SSSR count). The minimum atomic E-state index is 0.696. The van der Waals surface area contributed by atoms with Gasteiger partial charge >= 0.3 is 0 Å². The predicted molar refractivity (Wildman–Crippen MR) is 87.5 cm³/mol. The van der Waals surface area contributed by atoms with E-state index in [1.807, 2.05) is 12.1 Å². The first kappa shape index (κ1) is 14.6. The number of hydrogen-bond donors (Lipinski definition) is 1. The van der Waals surface area contributed by atoms with E-state index in [0.717, 1.165) is 24.4 Å². The summed E-state index contributed by atoms with van der Waals surface area (Å²) in [7, 11) is 0. The van der Waals surface area contributed by atoms with Crippen molar-refractivity contribution in [2.24, 2.45) is 5.92 Å². The van der Waals surface area contributed by atoms with Crippen molar-refractivity contribution >= 4 is 11.0 Å². The molecule has 1 aliphatic heterocycles. The normalized spacial score (nSPS) is 17.6. The Kier molecular flexibility index (Phi) is 4.61. The highest BCUT2D eigenvalue weighted by atomic mass is 16.3. The summed E-state index contributed by atoms with van der Waals surface area (Å²) >= 11 is 0. The lowest BCUT2D eigenvalue weighted by atomic mass is 10.1. The third kappa shape index (κ3) is 3.47. The van der Waals surface area contributed by atoms with E-state index in [0.29, 0.717) is 5.92 Å². The molecule has 1 atom stereocenters. The molecule has 1 fully saturated rings. The molecular formula is C18H26N2O. The summed E-state index contributed by atoms with van der Waals surface area (Å²) in [5, 5.41) is 4.85. The quantitative estimate of drug-likeness (QED) is 0.880. The van der Waals surface area contributed by atoms with Gasteiger partial charge in [0, 0.05) is 24.0 Å². The predicted octanol–water partition coefficient (Wildman–Crippen LogP) is 3.56. The number of hydrogen-bond acceptors (Lipinski definition) is 3. The first-order valence-corrected chi connectivity index (χ1v) is 8.14. The van der Waals surface area contributed by atoms with Crippen LogP contribution in [0.4, 0.5) is 0 Å². The van der Waals surface area contributed by atoms with Gasteiger partial charge in [0.2, 0.25) is 0 Å². The van der Waals surface area contributed by atoms with E-state index in [1.165, 1.54) is 43.4 Å². The standard InChI is InChI=1S/C18H26N2O/c1-14(13-20-9-5-6-10-20)11-19-12-17-15(2)21-18-8-4-3-7-16(17)18/h3-4,7-8,14,19H,5-6,9-13H2,1-2H3. The van der Waals surface area contributed by atoms with Crippen molar-refractivity contribution in [3.05, 3.63) is 35.6 Å². The average molecular weight is 286 g/mol. The van der Waals surface area contributed by atoms with E-state index in [2.05, 4.69) is 36.2 Å². The van der Waals surface area contributed by atoms with E-state index in [9.17, 15) is 0 Å². The summed E-state index contributed by atoms with van der Waals surface area (Å²) in [4.78, 5) is 2.59. The Balaban J connectivity index is 1.53. The van der Waals surface area contributed by atoms with Gasteiger partial charge in [-0.05, 0) is 51.4 Å². The van der Waals surface area contributed by atoms with Crippen LogP contribution in [0.15, 0.2) is 28.7 Å². The molecule has 0 saturated carbocycles. The van der Waals surface area contributed by atoms with Crippen molar-refractivity contribution in [3.63, 3.8) is 0 Å². The number of fused-ring (bicyclic) bond motifs is 1. The fourth-order valence-corrected chi connectivity index (χ4v) is 3.35. The summed E-state index contributed by atoms with van der Waals surface area (Å²) in [5.74, 6) is 1.73. The van der Waals surface area contributed by atoms with Crippen LogP contribution in [0.25, 0.3) is 11.0 Å². The van der Waals surface area contributed by atoms with Gasteiger partial charge in [-0.15, -0.1) is 0 Å². The second-order valence-electron chi connectivity index (χ2n) is 6.38. The molecule has 21 heavy (non-hydrogen) atoms. The maximum Gasteiger partial charge on any atom is 0.134 e. The Labute approximate surface area is 127 Å². The number of rotatable bonds is 6. The Morgan fingerprint density at radius 1 is 1.24 bits per heavy atom. The highest BCUT2D eigenvalue weighted by Crippen LogP contribution is 2.24. The van der Waals surface area contributed by atoms with Crippen molar-refractivity contribution in [2.45, 2.75) is 33.2 Å². The minimum absolute atomic E-state index is 0.696. The first-order chi connectivity index (χ1) is 10.2. The minimum Gasteiger partial charge on any atom is -0.461 e. The number of para-hydroxylation sites is 1. The van der Waals surface area contributed by atoms with Crippen molar-refractivity contribution in [2.75, 3.05) is 26.2 Å². The largest absolute Gasteiger partial charge is 0.461 e. The van der Waals surface area contributed by atoms with Crippen molar-refractivity contribution < 1.29 is 4.42 Å². The lowest BCUT2D eigenvalue weighted by Gasteiger charge is -2.20. The Morgan fingerprint density at radius 2 is 2.00 bits per heavy atom. The smallest absolute Gasteiger partial charge is 0.134 e. The molecule has 1 aromatic heterocycles. The Bertz CT molecular complexity index is 584. The van der Waals surface area contributed by atoms with Gasteiger partial charge < -0.3 is 14.6 Å². The van der Waals surface area contributed by atoms with Gasteiger partial charge in [-0.3, -0.25) is 0 Å². The van der Waals surface area contributed by atoms with Crippen LogP contribution >= 0.6 is 0 Å². The number of aryl methyl sites for hydroxylation is 1. The maximum atomic E-state index is 5.82. The molecule has 0 bridgehead atoms. The van der Waals surface area contributed by atoms with Gasteiger partial charge in [-0.1, -0.05) is 25.1 Å². The molecular weight excluding hydrogens is 260 g/mol. The molecule has 114 valence electrons. The highest BCUT2D eigenvalue weighted by Gasteiger charge is 2.15.